The van der Waals surface area contributed by atoms with E-state index in [1.165, 1.54) is 0 Å². The van der Waals surface area contributed by atoms with E-state index in [1.54, 1.807) is 4.90 Å². The number of likely N-dealkylation sites (tertiary alicyclic amines) is 1. The molecule has 2 rings (SSSR count). The number of carbonyl (C=O) groups is 1. The Hall–Kier alpha value is -0.770. The minimum atomic E-state index is -0.398. The second-order valence-corrected chi connectivity index (χ2v) is 4.60. The van der Waals surface area contributed by atoms with E-state index in [0.29, 0.717) is 13.1 Å². The van der Waals surface area contributed by atoms with Gasteiger partial charge in [-0.15, -0.1) is 0 Å². The van der Waals surface area contributed by atoms with Crippen LogP contribution in [0.4, 0.5) is 4.79 Å². The molecule has 2 heterocycles. The Kier molecular flexibility index (Phi) is 3.60. The normalized spacial score (nSPS) is 27.7. The minimum Gasteiger partial charge on any atom is -0.444 e. The molecule has 2 fully saturated rings. The molecule has 0 aromatic carbocycles. The molecule has 4 nitrogen and oxygen atoms in total. The maximum absolute atomic E-state index is 11.5. The van der Waals surface area contributed by atoms with E-state index in [4.69, 9.17) is 9.47 Å². The highest BCUT2D eigenvalue weighted by molar-refractivity contribution is 5.69. The third-order valence-corrected chi connectivity index (χ3v) is 2.14. The van der Waals surface area contributed by atoms with E-state index in [2.05, 4.69) is 0 Å². The highest BCUT2D eigenvalue weighted by Crippen LogP contribution is 2.31. The minimum absolute atomic E-state index is 0.219. The fourth-order valence-electron chi connectivity index (χ4n) is 1.48. The molecular formula is C11H21NO3. The Morgan fingerprint density at radius 1 is 1.27 bits per heavy atom. The Morgan fingerprint density at radius 3 is 2.13 bits per heavy atom. The van der Waals surface area contributed by atoms with Crippen LogP contribution in [0.15, 0.2) is 0 Å². The van der Waals surface area contributed by atoms with Crippen LogP contribution in [0.3, 0.4) is 0 Å². The standard InChI is InChI=1S/C9H15NO3.C2H6/c1-9(2,3)13-8(11)10-4-6-7(5-10)12-6;1-2/h6-7H,4-5H2,1-3H3;1-2H3. The number of rotatable bonds is 0. The molecule has 4 heteroatoms. The van der Waals surface area contributed by atoms with Crippen LogP contribution in [0, 0.1) is 0 Å². The Bertz CT molecular complexity index is 224. The lowest BCUT2D eigenvalue weighted by molar-refractivity contribution is 0.0230. The smallest absolute Gasteiger partial charge is 0.410 e. The Morgan fingerprint density at radius 2 is 1.73 bits per heavy atom. The van der Waals surface area contributed by atoms with Gasteiger partial charge in [0.05, 0.1) is 13.1 Å². The first-order valence-corrected chi connectivity index (χ1v) is 5.59. The molecule has 2 unspecified atom stereocenters. The van der Waals surface area contributed by atoms with Gasteiger partial charge in [-0.25, -0.2) is 4.79 Å². The fourth-order valence-corrected chi connectivity index (χ4v) is 1.48. The highest BCUT2D eigenvalue weighted by Gasteiger charge is 2.49. The van der Waals surface area contributed by atoms with Gasteiger partial charge in [0.25, 0.3) is 0 Å². The molecule has 0 aliphatic carbocycles. The first-order valence-electron chi connectivity index (χ1n) is 5.59. The number of hydrogen-bond donors (Lipinski definition) is 0. The second kappa shape index (κ2) is 4.39. The summed E-state index contributed by atoms with van der Waals surface area (Å²) < 4.78 is 10.4. The van der Waals surface area contributed by atoms with Crippen molar-refractivity contribution in [1.82, 2.24) is 4.90 Å². The molecule has 2 aliphatic heterocycles. The van der Waals surface area contributed by atoms with Gasteiger partial charge in [-0.2, -0.15) is 0 Å². The zero-order valence-electron chi connectivity index (χ0n) is 10.2. The van der Waals surface area contributed by atoms with Crippen molar-refractivity contribution in [2.45, 2.75) is 52.4 Å². The van der Waals surface area contributed by atoms with E-state index in [9.17, 15) is 4.79 Å². The summed E-state index contributed by atoms with van der Waals surface area (Å²) in [6, 6.07) is 0. The van der Waals surface area contributed by atoms with Gasteiger partial charge < -0.3 is 14.4 Å². The van der Waals surface area contributed by atoms with Gasteiger partial charge in [0, 0.05) is 0 Å². The summed E-state index contributed by atoms with van der Waals surface area (Å²) in [4.78, 5) is 13.2. The summed E-state index contributed by atoms with van der Waals surface area (Å²) in [7, 11) is 0. The quantitative estimate of drug-likeness (QED) is 0.581. The van der Waals surface area contributed by atoms with Gasteiger partial charge in [0.15, 0.2) is 0 Å². The molecular weight excluding hydrogens is 194 g/mol. The number of morpholine rings is 1. The van der Waals surface area contributed by atoms with Gasteiger partial charge in [-0.3, -0.25) is 0 Å². The molecule has 2 atom stereocenters. The van der Waals surface area contributed by atoms with Crippen LogP contribution in [-0.2, 0) is 9.47 Å². The summed E-state index contributed by atoms with van der Waals surface area (Å²) in [6.45, 7) is 11.0. The average Bonchev–Trinajstić information content (AvgIpc) is 2.74. The number of carbonyl (C=O) groups excluding carboxylic acids is 1. The lowest BCUT2D eigenvalue weighted by Crippen LogP contribution is -2.37. The third kappa shape index (κ3) is 3.38. The molecule has 2 aliphatic rings. The van der Waals surface area contributed by atoms with Crippen molar-refractivity contribution in [3.63, 3.8) is 0 Å². The first-order chi connectivity index (χ1) is 6.96. The van der Waals surface area contributed by atoms with Crippen molar-refractivity contribution in [2.24, 2.45) is 0 Å². The fraction of sp³-hybridized carbons (Fsp3) is 0.909. The molecule has 0 N–H and O–H groups in total. The van der Waals surface area contributed by atoms with Gasteiger partial charge >= 0.3 is 6.09 Å². The monoisotopic (exact) mass is 215 g/mol. The number of fused-ring (bicyclic) bond motifs is 1. The maximum atomic E-state index is 11.5. The molecule has 15 heavy (non-hydrogen) atoms. The van der Waals surface area contributed by atoms with Crippen LogP contribution in [0.5, 0.6) is 0 Å². The summed E-state index contributed by atoms with van der Waals surface area (Å²) in [5, 5.41) is 0. The largest absolute Gasteiger partial charge is 0.444 e. The van der Waals surface area contributed by atoms with E-state index >= 15 is 0 Å². The van der Waals surface area contributed by atoms with Crippen molar-refractivity contribution in [1.29, 1.82) is 0 Å². The number of amides is 1. The number of ether oxygens (including phenoxy) is 2. The van der Waals surface area contributed by atoms with Gasteiger partial charge in [0.2, 0.25) is 0 Å². The zero-order valence-corrected chi connectivity index (χ0v) is 10.2. The molecule has 0 saturated carbocycles. The van der Waals surface area contributed by atoms with Crippen LogP contribution in [0.25, 0.3) is 0 Å². The van der Waals surface area contributed by atoms with Crippen LogP contribution in [0.2, 0.25) is 0 Å². The molecule has 1 amide bonds. The van der Waals surface area contributed by atoms with E-state index in [-0.39, 0.29) is 18.3 Å². The maximum Gasteiger partial charge on any atom is 0.410 e. The van der Waals surface area contributed by atoms with Crippen LogP contribution in [-0.4, -0.2) is 41.9 Å². The van der Waals surface area contributed by atoms with Gasteiger partial charge in [-0.05, 0) is 20.8 Å². The van der Waals surface area contributed by atoms with E-state index < -0.39 is 5.60 Å². The SMILES string of the molecule is CC.CC(C)(C)OC(=O)N1CC2OC2C1. The second-order valence-electron chi connectivity index (χ2n) is 4.60. The Labute approximate surface area is 91.5 Å². The molecule has 2 saturated heterocycles. The zero-order chi connectivity index (χ0) is 11.6. The van der Waals surface area contributed by atoms with Crippen molar-refractivity contribution in [3.05, 3.63) is 0 Å². The Balaban J connectivity index is 0.000000531. The average molecular weight is 215 g/mol. The molecule has 0 bridgehead atoms. The predicted octanol–water partition coefficient (Wildman–Crippen LogP) is 2.03. The van der Waals surface area contributed by atoms with Crippen LogP contribution in [0.1, 0.15) is 34.6 Å². The lowest BCUT2D eigenvalue weighted by Gasteiger charge is -2.24. The highest BCUT2D eigenvalue weighted by atomic mass is 16.6. The molecule has 88 valence electrons. The van der Waals surface area contributed by atoms with E-state index in [1.807, 2.05) is 34.6 Å². The van der Waals surface area contributed by atoms with Crippen LogP contribution < -0.4 is 0 Å². The number of hydrogen-bond acceptors (Lipinski definition) is 3. The molecule has 0 radical (unpaired) electrons. The molecule has 0 spiro atoms. The summed E-state index contributed by atoms with van der Waals surface area (Å²) in [5.41, 5.74) is -0.398. The van der Waals surface area contributed by atoms with Gasteiger partial charge in [-0.1, -0.05) is 13.8 Å². The van der Waals surface area contributed by atoms with E-state index in [0.717, 1.165) is 0 Å². The summed E-state index contributed by atoms with van der Waals surface area (Å²) in [6.07, 6.45) is 0.350. The predicted molar refractivity (Wildman–Crippen MR) is 57.8 cm³/mol. The molecule has 0 aromatic heterocycles. The topological polar surface area (TPSA) is 42.1 Å². The van der Waals surface area contributed by atoms with Gasteiger partial charge in [0.1, 0.15) is 17.8 Å². The van der Waals surface area contributed by atoms with Crippen molar-refractivity contribution in [2.75, 3.05) is 13.1 Å². The summed E-state index contributed by atoms with van der Waals surface area (Å²) in [5.74, 6) is 0. The number of epoxide rings is 1. The third-order valence-electron chi connectivity index (χ3n) is 2.14. The summed E-state index contributed by atoms with van der Waals surface area (Å²) >= 11 is 0. The first kappa shape index (κ1) is 12.3. The lowest BCUT2D eigenvalue weighted by atomic mass is 10.2. The van der Waals surface area contributed by atoms with Crippen molar-refractivity contribution in [3.8, 4) is 0 Å². The van der Waals surface area contributed by atoms with Crippen molar-refractivity contribution >= 4 is 6.09 Å². The molecule has 0 aromatic rings. The number of nitrogens with zero attached hydrogens (tertiary/aromatic N) is 1. The van der Waals surface area contributed by atoms with Crippen molar-refractivity contribution < 1.29 is 14.3 Å². The van der Waals surface area contributed by atoms with Crippen LogP contribution >= 0.6 is 0 Å².